The molecule has 1 fully saturated rings. The molecule has 7 heteroatoms. The van der Waals surface area contributed by atoms with Crippen molar-refractivity contribution in [2.45, 2.75) is 19.4 Å². The summed E-state index contributed by atoms with van der Waals surface area (Å²) in [7, 11) is 0. The Hall–Kier alpha value is -2.38. The zero-order chi connectivity index (χ0) is 13.8. The Kier molecular flexibility index (Phi) is 3.79. The minimum Gasteiger partial charge on any atom is -0.396 e. The second kappa shape index (κ2) is 5.51. The zero-order valence-corrected chi connectivity index (χ0v) is 10.3. The molecule has 1 saturated heterocycles. The van der Waals surface area contributed by atoms with Crippen LogP contribution in [0, 0.1) is 28.6 Å². The van der Waals surface area contributed by atoms with Crippen LogP contribution in [0.1, 0.15) is 18.4 Å². The van der Waals surface area contributed by atoms with Crippen LogP contribution < -0.4 is 4.90 Å². The van der Waals surface area contributed by atoms with Crippen molar-refractivity contribution in [1.29, 1.82) is 10.5 Å². The molecule has 1 amide bonds. The van der Waals surface area contributed by atoms with Crippen LogP contribution in [0.5, 0.6) is 0 Å². The number of nitriles is 2. The van der Waals surface area contributed by atoms with Crippen LogP contribution in [-0.2, 0) is 11.3 Å². The summed E-state index contributed by atoms with van der Waals surface area (Å²) in [6.07, 6.45) is 1.92. The van der Waals surface area contributed by atoms with Crippen molar-refractivity contribution in [1.82, 2.24) is 9.78 Å². The summed E-state index contributed by atoms with van der Waals surface area (Å²) in [5.41, 5.74) is 0.310. The van der Waals surface area contributed by atoms with Gasteiger partial charge in [0, 0.05) is 25.5 Å². The highest BCUT2D eigenvalue weighted by molar-refractivity contribution is 5.96. The monoisotopic (exact) mass is 259 g/mol. The van der Waals surface area contributed by atoms with Gasteiger partial charge < -0.3 is 5.11 Å². The van der Waals surface area contributed by atoms with E-state index in [9.17, 15) is 4.79 Å². The average Bonchev–Trinajstić information content (AvgIpc) is 2.98. The number of aliphatic hydroxyl groups excluding tert-OH is 1. The predicted octanol–water partition coefficient (Wildman–Crippen LogP) is 0.0137. The first-order valence-corrected chi connectivity index (χ1v) is 5.95. The fourth-order valence-corrected chi connectivity index (χ4v) is 2.17. The van der Waals surface area contributed by atoms with Gasteiger partial charge in [-0.15, -0.1) is 0 Å². The number of hydrogen-bond acceptors (Lipinski definition) is 5. The molecular weight excluding hydrogens is 246 g/mol. The number of aryl methyl sites for hydroxylation is 1. The van der Waals surface area contributed by atoms with Crippen LogP contribution in [0.25, 0.3) is 0 Å². The van der Waals surface area contributed by atoms with Crippen LogP contribution in [0.4, 0.5) is 5.82 Å². The first kappa shape index (κ1) is 13.1. The highest BCUT2D eigenvalue weighted by atomic mass is 16.3. The Morgan fingerprint density at radius 1 is 1.53 bits per heavy atom. The molecule has 0 aliphatic carbocycles. The van der Waals surface area contributed by atoms with Crippen molar-refractivity contribution < 1.29 is 9.90 Å². The number of carbonyl (C=O) groups is 1. The summed E-state index contributed by atoms with van der Waals surface area (Å²) in [6.45, 7) is 0.653. The number of aliphatic hydroxyl groups is 1. The van der Waals surface area contributed by atoms with Gasteiger partial charge in [-0.1, -0.05) is 0 Å². The minimum atomic E-state index is -0.130. The van der Waals surface area contributed by atoms with Gasteiger partial charge in [0.15, 0.2) is 5.82 Å². The van der Waals surface area contributed by atoms with Gasteiger partial charge in [-0.3, -0.25) is 9.69 Å². The Balaban J connectivity index is 2.33. The van der Waals surface area contributed by atoms with Gasteiger partial charge in [0.2, 0.25) is 5.91 Å². The number of amides is 1. The van der Waals surface area contributed by atoms with E-state index >= 15 is 0 Å². The van der Waals surface area contributed by atoms with E-state index in [0.29, 0.717) is 24.5 Å². The molecule has 0 radical (unpaired) electrons. The van der Waals surface area contributed by atoms with Crippen LogP contribution in [0.2, 0.25) is 0 Å². The van der Waals surface area contributed by atoms with E-state index in [0.717, 1.165) is 0 Å². The van der Waals surface area contributed by atoms with Gasteiger partial charge in [-0.25, -0.2) is 4.68 Å². The van der Waals surface area contributed by atoms with Crippen molar-refractivity contribution in [3.8, 4) is 12.1 Å². The van der Waals surface area contributed by atoms with Crippen molar-refractivity contribution in [2.24, 2.45) is 5.92 Å². The Bertz CT molecular complexity index is 566. The molecule has 2 heterocycles. The lowest BCUT2D eigenvalue weighted by Gasteiger charge is -2.18. The number of carbonyl (C=O) groups excluding carboxylic acids is 1. The summed E-state index contributed by atoms with van der Waals surface area (Å²) in [6, 6.07) is 4.01. The van der Waals surface area contributed by atoms with Gasteiger partial charge in [-0.05, 0) is 0 Å². The molecule has 1 unspecified atom stereocenters. The van der Waals surface area contributed by atoms with E-state index in [4.69, 9.17) is 15.6 Å². The Labute approximate surface area is 110 Å². The topological polar surface area (TPSA) is 106 Å². The van der Waals surface area contributed by atoms with Crippen LogP contribution in [0.3, 0.4) is 0 Å². The highest BCUT2D eigenvalue weighted by Crippen LogP contribution is 2.27. The Morgan fingerprint density at radius 3 is 2.89 bits per heavy atom. The summed E-state index contributed by atoms with van der Waals surface area (Å²) in [4.78, 5) is 13.4. The first-order chi connectivity index (χ1) is 9.21. The second-order valence-corrected chi connectivity index (χ2v) is 4.38. The fraction of sp³-hybridized carbons (Fsp3) is 0.500. The maximum atomic E-state index is 11.9. The van der Waals surface area contributed by atoms with E-state index in [1.54, 1.807) is 0 Å². The molecule has 1 atom stereocenters. The van der Waals surface area contributed by atoms with E-state index in [-0.39, 0.29) is 31.3 Å². The third-order valence-electron chi connectivity index (χ3n) is 3.09. The molecule has 1 N–H and O–H groups in total. The van der Waals surface area contributed by atoms with Crippen molar-refractivity contribution in [2.75, 3.05) is 18.1 Å². The van der Waals surface area contributed by atoms with E-state index in [1.165, 1.54) is 15.8 Å². The van der Waals surface area contributed by atoms with Gasteiger partial charge in [0.25, 0.3) is 0 Å². The molecule has 1 aromatic heterocycles. The van der Waals surface area contributed by atoms with E-state index in [1.807, 2.05) is 12.1 Å². The van der Waals surface area contributed by atoms with Crippen molar-refractivity contribution >= 4 is 11.7 Å². The average molecular weight is 259 g/mol. The van der Waals surface area contributed by atoms with Gasteiger partial charge in [-0.2, -0.15) is 15.6 Å². The standard InChI is InChI=1S/C12H13N5O2/c13-2-1-3-17-12(10(5-14)6-15-17)16-7-9(8-18)4-11(16)19/h6,9,18H,1,3-4,7-8H2. The predicted molar refractivity (Wildman–Crippen MR) is 64.7 cm³/mol. The molecule has 0 saturated carbocycles. The van der Waals surface area contributed by atoms with E-state index in [2.05, 4.69) is 5.10 Å². The van der Waals surface area contributed by atoms with Gasteiger partial charge in [0.05, 0.1) is 25.2 Å². The lowest BCUT2D eigenvalue weighted by Crippen LogP contribution is -2.28. The van der Waals surface area contributed by atoms with Crippen LogP contribution in [0.15, 0.2) is 6.20 Å². The number of hydrogen-bond donors (Lipinski definition) is 1. The Morgan fingerprint density at radius 2 is 2.32 bits per heavy atom. The second-order valence-electron chi connectivity index (χ2n) is 4.38. The SMILES string of the molecule is N#CCCn1ncc(C#N)c1N1CC(CO)CC1=O. The molecule has 0 spiro atoms. The number of rotatable bonds is 4. The van der Waals surface area contributed by atoms with Crippen LogP contribution >= 0.6 is 0 Å². The lowest BCUT2D eigenvalue weighted by atomic mass is 10.1. The molecule has 1 aliphatic heterocycles. The number of aromatic nitrogens is 2. The van der Waals surface area contributed by atoms with Gasteiger partial charge in [0.1, 0.15) is 11.6 Å². The minimum absolute atomic E-state index is 0.0591. The molecule has 0 aromatic carbocycles. The van der Waals surface area contributed by atoms with Crippen molar-refractivity contribution in [3.63, 3.8) is 0 Å². The van der Waals surface area contributed by atoms with Gasteiger partial charge >= 0.3 is 0 Å². The summed E-state index contributed by atoms with van der Waals surface area (Å²) >= 11 is 0. The molecule has 1 aromatic rings. The normalized spacial score (nSPS) is 18.4. The third-order valence-corrected chi connectivity index (χ3v) is 3.09. The lowest BCUT2D eigenvalue weighted by molar-refractivity contribution is -0.117. The largest absolute Gasteiger partial charge is 0.396 e. The third kappa shape index (κ3) is 2.42. The highest BCUT2D eigenvalue weighted by Gasteiger charge is 2.33. The molecule has 7 nitrogen and oxygen atoms in total. The molecule has 2 rings (SSSR count). The smallest absolute Gasteiger partial charge is 0.228 e. The molecule has 19 heavy (non-hydrogen) atoms. The molecule has 0 bridgehead atoms. The zero-order valence-electron chi connectivity index (χ0n) is 10.3. The van der Waals surface area contributed by atoms with Crippen LogP contribution in [-0.4, -0.2) is 33.9 Å². The summed E-state index contributed by atoms with van der Waals surface area (Å²) in [5, 5.41) is 30.8. The quantitative estimate of drug-likeness (QED) is 0.820. The van der Waals surface area contributed by atoms with E-state index < -0.39 is 0 Å². The fourth-order valence-electron chi connectivity index (χ4n) is 2.17. The van der Waals surface area contributed by atoms with Crippen molar-refractivity contribution in [3.05, 3.63) is 11.8 Å². The maximum absolute atomic E-state index is 11.9. The molecule has 1 aliphatic rings. The molecule has 98 valence electrons. The first-order valence-electron chi connectivity index (χ1n) is 5.95. The molecular formula is C12H13N5O2. The maximum Gasteiger partial charge on any atom is 0.228 e. The summed E-state index contributed by atoms with van der Waals surface area (Å²) < 4.78 is 1.50. The number of anilines is 1. The summed E-state index contributed by atoms with van der Waals surface area (Å²) in [5.74, 6) is 0.186. The number of nitrogens with zero attached hydrogens (tertiary/aromatic N) is 5.